The molecule has 0 aliphatic carbocycles. The van der Waals surface area contributed by atoms with Gasteiger partial charge in [0.25, 0.3) is 0 Å². The van der Waals surface area contributed by atoms with Crippen LogP contribution in [0.4, 0.5) is 0 Å². The Kier molecular flexibility index (Phi) is 20.9. The fourth-order valence-electron chi connectivity index (χ4n) is 0. The molecule has 0 aromatic rings. The maximum absolute atomic E-state index is 8.58. The molecule has 3 nitrogen and oxygen atoms in total. The van der Waals surface area contributed by atoms with Crippen LogP contribution in [-0.2, 0) is 4.47 Å². The zero-order valence-electron chi connectivity index (χ0n) is 2.02. The van der Waals surface area contributed by atoms with Crippen LogP contribution in [0.1, 0.15) is 0 Å². The van der Waals surface area contributed by atoms with Crippen LogP contribution in [0.2, 0.25) is 0 Å². The van der Waals surface area contributed by atoms with E-state index in [4.69, 9.17) is 4.47 Å². The molecule has 0 aromatic heterocycles. The molecule has 0 radical (unpaired) electrons. The van der Waals surface area contributed by atoms with Gasteiger partial charge in [0.2, 0.25) is 0 Å². The van der Waals surface area contributed by atoms with Crippen LogP contribution < -0.4 is 6.15 Å². The van der Waals surface area contributed by atoms with Crippen molar-refractivity contribution in [3.05, 3.63) is 0 Å². The fourth-order valence-corrected chi connectivity index (χ4v) is 0. The van der Waals surface area contributed by atoms with Gasteiger partial charge >= 0.3 is 32.3 Å². The normalized spacial score (nSPS) is 2.00. The summed E-state index contributed by atoms with van der Waals surface area (Å²) in [5.41, 5.74) is 0. The van der Waals surface area contributed by atoms with Crippen LogP contribution in [0.15, 0.2) is 0 Å². The van der Waals surface area contributed by atoms with Crippen molar-refractivity contribution in [3.8, 4) is 0 Å². The van der Waals surface area contributed by atoms with Crippen molar-refractivity contribution in [1.29, 1.82) is 0 Å². The number of rotatable bonds is 0. The Labute approximate surface area is 38.6 Å². The minimum absolute atomic E-state index is 0. The van der Waals surface area contributed by atoms with Crippen LogP contribution >= 0.6 is 0 Å². The molecular formula is H3NO2U. The molecule has 0 atom stereocenters. The number of hydrogen-bond donors (Lipinski definition) is 1. The van der Waals surface area contributed by atoms with Crippen LogP contribution in [0, 0.1) is 27.8 Å². The molecule has 0 heterocycles. The predicted molar refractivity (Wildman–Crippen MR) is 6.40 cm³/mol. The second-order valence-electron chi connectivity index (χ2n) is 0.0833. The fraction of sp³-hybridized carbons (Fsp3) is 0. The third kappa shape index (κ3) is 18.1. The van der Waals surface area contributed by atoms with Crippen molar-refractivity contribution >= 4 is 0 Å². The van der Waals surface area contributed by atoms with Gasteiger partial charge in [-0.05, 0) is 0 Å². The molecule has 0 saturated heterocycles. The van der Waals surface area contributed by atoms with Gasteiger partial charge in [0.15, 0.2) is 0 Å². The summed E-state index contributed by atoms with van der Waals surface area (Å²) in [5, 5.41) is 0. The Morgan fingerprint density at radius 3 is 1.25 bits per heavy atom. The van der Waals surface area contributed by atoms with Crippen molar-refractivity contribution in [2.45, 2.75) is 0 Å². The van der Waals surface area contributed by atoms with Gasteiger partial charge in [0.1, 0.15) is 0 Å². The summed E-state index contributed by atoms with van der Waals surface area (Å²) in [6, 6.07) is 0. The third-order valence-corrected chi connectivity index (χ3v) is 0. The molecule has 0 saturated carbocycles. The van der Waals surface area contributed by atoms with E-state index in [0.717, 1.165) is 0 Å². The van der Waals surface area contributed by atoms with Crippen LogP contribution in [0.3, 0.4) is 0 Å². The van der Waals surface area contributed by atoms with Crippen molar-refractivity contribution in [2.24, 2.45) is 0 Å². The van der Waals surface area contributed by atoms with E-state index in [-0.39, 0.29) is 6.15 Å². The van der Waals surface area contributed by atoms with Gasteiger partial charge in [-0.25, -0.2) is 0 Å². The summed E-state index contributed by atoms with van der Waals surface area (Å²) in [6.07, 6.45) is 0. The molecule has 0 spiro atoms. The van der Waals surface area contributed by atoms with E-state index in [9.17, 15) is 0 Å². The first-order valence-electron chi connectivity index (χ1n) is 0.408. The van der Waals surface area contributed by atoms with Crippen LogP contribution in [0.25, 0.3) is 0 Å². The van der Waals surface area contributed by atoms with E-state index < -0.39 is 27.8 Å². The average Bonchev–Trinajstić information content (AvgIpc) is 0.918. The van der Waals surface area contributed by atoms with Gasteiger partial charge < -0.3 is 6.15 Å². The van der Waals surface area contributed by atoms with Crippen LogP contribution in [-0.4, -0.2) is 0 Å². The molecule has 0 amide bonds. The predicted octanol–water partition coefficient (Wildman–Crippen LogP) is -0.0756. The maximum atomic E-state index is 8.58. The molecule has 0 bridgehead atoms. The molecule has 0 unspecified atom stereocenters. The van der Waals surface area contributed by atoms with E-state index in [1.54, 1.807) is 0 Å². The zero-order valence-corrected chi connectivity index (χ0v) is 6.19. The van der Waals surface area contributed by atoms with Crippen molar-refractivity contribution in [3.63, 3.8) is 0 Å². The molecular weight excluding hydrogens is 284 g/mol. The van der Waals surface area contributed by atoms with Crippen molar-refractivity contribution in [1.82, 2.24) is 6.15 Å². The second kappa shape index (κ2) is 9.48. The summed E-state index contributed by atoms with van der Waals surface area (Å²) >= 11 is -2.51. The second-order valence-corrected chi connectivity index (χ2v) is 0.777. The van der Waals surface area contributed by atoms with Gasteiger partial charge in [-0.3, -0.25) is 0 Å². The first-order chi connectivity index (χ1) is 1.41. The van der Waals surface area contributed by atoms with E-state index in [0.29, 0.717) is 0 Å². The topological polar surface area (TPSA) is 69.1 Å². The van der Waals surface area contributed by atoms with Crippen molar-refractivity contribution in [2.75, 3.05) is 0 Å². The van der Waals surface area contributed by atoms with E-state index >= 15 is 0 Å². The average molecular weight is 287 g/mol. The van der Waals surface area contributed by atoms with E-state index in [1.165, 1.54) is 0 Å². The SMILES string of the molecule is N.[O]=[U]=[O]. The molecule has 0 aromatic carbocycles. The molecule has 24 valence electrons. The Balaban J connectivity index is 0. The third-order valence-electron chi connectivity index (χ3n) is 0. The Morgan fingerprint density at radius 1 is 1.25 bits per heavy atom. The zero-order chi connectivity index (χ0) is 2.71. The summed E-state index contributed by atoms with van der Waals surface area (Å²) in [5.74, 6) is 0. The quantitative estimate of drug-likeness (QED) is 0.677. The first kappa shape index (κ1) is 8.82. The van der Waals surface area contributed by atoms with E-state index in [1.807, 2.05) is 0 Å². The molecule has 4 heavy (non-hydrogen) atoms. The molecule has 0 rings (SSSR count). The Morgan fingerprint density at radius 2 is 1.25 bits per heavy atom. The van der Waals surface area contributed by atoms with Gasteiger partial charge in [-0.15, -0.1) is 0 Å². The summed E-state index contributed by atoms with van der Waals surface area (Å²) < 4.78 is 17.2. The van der Waals surface area contributed by atoms with Crippen LogP contribution in [0.5, 0.6) is 0 Å². The van der Waals surface area contributed by atoms with Gasteiger partial charge in [0, 0.05) is 0 Å². The van der Waals surface area contributed by atoms with Gasteiger partial charge in [-0.2, -0.15) is 0 Å². The monoisotopic (exact) mass is 287 g/mol. The molecule has 4 heteroatoms. The van der Waals surface area contributed by atoms with E-state index in [2.05, 4.69) is 0 Å². The molecule has 0 fully saturated rings. The summed E-state index contributed by atoms with van der Waals surface area (Å²) in [7, 11) is 0. The number of hydrogen-bond acceptors (Lipinski definition) is 3. The molecule has 0 aliphatic heterocycles. The summed E-state index contributed by atoms with van der Waals surface area (Å²) in [6.45, 7) is 0. The Hall–Kier alpha value is 0.612. The summed E-state index contributed by atoms with van der Waals surface area (Å²) in [4.78, 5) is 0. The molecule has 3 N–H and O–H groups in total. The van der Waals surface area contributed by atoms with Crippen molar-refractivity contribution < 1.29 is 32.3 Å². The Bertz CT molecular complexity index is 27.0. The minimum atomic E-state index is -2.51. The van der Waals surface area contributed by atoms with Gasteiger partial charge in [0.05, 0.1) is 0 Å². The van der Waals surface area contributed by atoms with Gasteiger partial charge in [-0.1, -0.05) is 0 Å². The first-order valence-corrected chi connectivity index (χ1v) is 3.81. The standard InChI is InChI=1S/H3N.2O.U/h1H3;;;. The molecule has 0 aliphatic rings.